The normalized spacial score (nSPS) is 17.9. The van der Waals surface area contributed by atoms with Gasteiger partial charge < -0.3 is 5.32 Å². The largest absolute Gasteiger partial charge is 0.344 e. The number of nitrogens with zero attached hydrogens (tertiary/aromatic N) is 5. The molecule has 0 aliphatic carbocycles. The molecule has 5 heterocycles. The third-order valence-corrected chi connectivity index (χ3v) is 15.4. The van der Waals surface area contributed by atoms with Crippen molar-refractivity contribution in [2.24, 2.45) is 0 Å². The van der Waals surface area contributed by atoms with Gasteiger partial charge in [0.25, 0.3) is 11.8 Å². The van der Waals surface area contributed by atoms with Crippen molar-refractivity contribution in [3.63, 3.8) is 0 Å². The number of benzene rings is 5. The minimum absolute atomic E-state index is 0.0426. The highest BCUT2D eigenvalue weighted by Gasteiger charge is 2.36. The lowest BCUT2D eigenvalue weighted by molar-refractivity contribution is 0.0743. The molecule has 3 aliphatic heterocycles. The van der Waals surface area contributed by atoms with E-state index in [2.05, 4.69) is 15.8 Å². The predicted molar refractivity (Wildman–Crippen MR) is 275 cm³/mol. The fourth-order valence-electron chi connectivity index (χ4n) is 8.80. The lowest BCUT2D eigenvalue weighted by Gasteiger charge is -2.26. The maximum atomic E-state index is 13.5. The first-order valence-corrected chi connectivity index (χ1v) is 26.9. The number of piperidine rings is 1. The van der Waals surface area contributed by atoms with E-state index in [1.807, 2.05) is 60.5 Å². The zero-order valence-electron chi connectivity index (χ0n) is 38.3. The minimum Gasteiger partial charge on any atom is -0.344 e. The molecule has 2 amide bonds. The number of hydrogen-bond donors (Lipinski definition) is 2. The van der Waals surface area contributed by atoms with Gasteiger partial charge in [-0.05, 0) is 133 Å². The van der Waals surface area contributed by atoms with Crippen LogP contribution in [-0.4, -0.2) is 73.6 Å². The van der Waals surface area contributed by atoms with Gasteiger partial charge in [-0.15, -0.1) is 0 Å². The Morgan fingerprint density at radius 2 is 1.15 bits per heavy atom. The molecular weight excluding hydrogens is 988 g/mol. The fourth-order valence-corrected chi connectivity index (χ4v) is 11.8. The molecule has 10 rings (SSSR count). The molecule has 0 radical (unpaired) electrons. The molecular formula is C53H47Cl2F2N7O5S2. The Kier molecular flexibility index (Phi) is 14.9. The van der Waals surface area contributed by atoms with Crippen molar-refractivity contribution in [3.8, 4) is 11.4 Å². The molecule has 1 unspecified atom stereocenters. The first-order valence-electron chi connectivity index (χ1n) is 22.8. The van der Waals surface area contributed by atoms with Crippen LogP contribution in [0.15, 0.2) is 127 Å². The van der Waals surface area contributed by atoms with Crippen LogP contribution in [0.2, 0.25) is 10.0 Å². The summed E-state index contributed by atoms with van der Waals surface area (Å²) in [5.41, 5.74) is 10.5. The van der Waals surface area contributed by atoms with Gasteiger partial charge in [0, 0.05) is 45.1 Å². The number of hydrazine groups is 1. The average Bonchev–Trinajstić information content (AvgIpc) is 3.93. The minimum atomic E-state index is -3.58. The molecule has 2 aromatic heterocycles. The molecule has 0 saturated carbocycles. The number of fused-ring (bicyclic) bond motifs is 2. The third kappa shape index (κ3) is 11.6. The predicted octanol–water partition coefficient (Wildman–Crippen LogP) is 10.2. The Morgan fingerprint density at radius 1 is 0.648 bits per heavy atom. The summed E-state index contributed by atoms with van der Waals surface area (Å²) in [7, 11) is -4.78. The van der Waals surface area contributed by atoms with Gasteiger partial charge in [-0.25, -0.2) is 31.6 Å². The second-order valence-corrected chi connectivity index (χ2v) is 21.8. The Balaban J connectivity index is 0.000000176. The standard InChI is InChI=1S/C28H23ClFN3O3S.C25H24ClFN4O2S/c1-18(20-5-3-2-4-6-20)31-28(34)26-25-17-37(35,36)16-21(15-19-7-11-23(30)12-8-19)27(25)33(32-26)24-13-9-22(29)10-14-24;26-19-6-10-21(11-7-19)31-24-18(14-17-4-8-20(27)9-5-17)15-34(33)16-22(24)23(28-31)25(32)29-30-12-2-1-3-13-30/h2-15,18H,16-17H2,1H3,(H,31,34);4-11,14H,1-3,12-13,15-16H2,(H,29,32)/b21-15+;18-14+/t18-;/m1./s1. The quantitative estimate of drug-likeness (QED) is 0.145. The molecule has 7 aromatic rings. The van der Waals surface area contributed by atoms with Crippen molar-refractivity contribution >= 4 is 79.0 Å². The Hall–Kier alpha value is -6.56. The second kappa shape index (κ2) is 21.4. The van der Waals surface area contributed by atoms with Crippen molar-refractivity contribution in [2.45, 2.75) is 43.7 Å². The van der Waals surface area contributed by atoms with Crippen molar-refractivity contribution in [1.82, 2.24) is 35.3 Å². The number of amides is 2. The first-order chi connectivity index (χ1) is 34.2. The number of carbonyl (C=O) groups excluding carboxylic acids is 2. The zero-order valence-corrected chi connectivity index (χ0v) is 41.5. The van der Waals surface area contributed by atoms with Crippen LogP contribution in [0.3, 0.4) is 0 Å². The van der Waals surface area contributed by atoms with E-state index in [4.69, 9.17) is 28.3 Å². The van der Waals surface area contributed by atoms with Gasteiger partial charge in [0.2, 0.25) is 0 Å². The van der Waals surface area contributed by atoms with Crippen LogP contribution >= 0.6 is 23.2 Å². The number of halogens is 4. The van der Waals surface area contributed by atoms with Crippen LogP contribution in [0.4, 0.5) is 8.78 Å². The van der Waals surface area contributed by atoms with Crippen LogP contribution < -0.4 is 10.7 Å². The molecule has 71 heavy (non-hydrogen) atoms. The van der Waals surface area contributed by atoms with Crippen molar-refractivity contribution < 1.29 is 31.0 Å². The molecule has 0 spiro atoms. The van der Waals surface area contributed by atoms with Crippen LogP contribution in [0.25, 0.3) is 34.7 Å². The van der Waals surface area contributed by atoms with Gasteiger partial charge in [-0.3, -0.25) is 19.2 Å². The average molecular weight is 1040 g/mol. The van der Waals surface area contributed by atoms with Gasteiger partial charge in [0.15, 0.2) is 21.2 Å². The van der Waals surface area contributed by atoms with Gasteiger partial charge in [0.05, 0.1) is 51.8 Å². The maximum absolute atomic E-state index is 13.5. The van der Waals surface area contributed by atoms with Gasteiger partial charge >= 0.3 is 0 Å². The number of aromatic nitrogens is 4. The Bertz CT molecular complexity index is 3300. The molecule has 2 atom stereocenters. The van der Waals surface area contributed by atoms with E-state index in [-0.39, 0.29) is 46.4 Å². The van der Waals surface area contributed by atoms with Crippen molar-refractivity contribution in [2.75, 3.05) is 24.6 Å². The number of sulfone groups is 1. The Morgan fingerprint density at radius 3 is 1.70 bits per heavy atom. The maximum Gasteiger partial charge on any atom is 0.286 e. The van der Waals surface area contributed by atoms with Crippen LogP contribution in [0, 0.1) is 11.6 Å². The SMILES string of the molecule is C[C@@H](NC(=O)c1nn(-c2ccc(Cl)cc2)c2c1CS(=O)(=O)C/C2=C\c1ccc(F)cc1)c1ccccc1.O=C(NN1CCCCC1)c1nn(-c2ccc(Cl)cc2)c2c1CS(=O)C/C2=C\c1ccc(F)cc1. The van der Waals surface area contributed by atoms with E-state index in [0.717, 1.165) is 60.4 Å². The smallest absolute Gasteiger partial charge is 0.286 e. The lowest BCUT2D eigenvalue weighted by Crippen LogP contribution is -2.45. The molecule has 3 aliphatic rings. The van der Waals surface area contributed by atoms with Crippen molar-refractivity contribution in [3.05, 3.63) is 200 Å². The van der Waals surface area contributed by atoms with E-state index < -0.39 is 32.4 Å². The summed E-state index contributed by atoms with van der Waals surface area (Å²) >= 11 is 12.2. The Labute approximate surface area is 422 Å². The summed E-state index contributed by atoms with van der Waals surface area (Å²) in [5.74, 6) is -1.49. The summed E-state index contributed by atoms with van der Waals surface area (Å²) in [6.07, 6.45) is 6.80. The lowest BCUT2D eigenvalue weighted by atomic mass is 10.0. The van der Waals surface area contributed by atoms with E-state index in [1.54, 1.807) is 76.1 Å². The number of nitrogens with one attached hydrogen (secondary N) is 2. The summed E-state index contributed by atoms with van der Waals surface area (Å²) < 4.78 is 69.0. The number of rotatable bonds is 9. The molecule has 364 valence electrons. The fraction of sp³-hybridized carbons (Fsp3) is 0.208. The van der Waals surface area contributed by atoms with Crippen LogP contribution in [0.1, 0.15) is 92.4 Å². The number of carbonyl (C=O) groups is 2. The van der Waals surface area contributed by atoms with Crippen LogP contribution in [-0.2, 0) is 32.1 Å². The summed E-state index contributed by atoms with van der Waals surface area (Å²) in [4.78, 5) is 26.7. The van der Waals surface area contributed by atoms with Gasteiger partial charge in [-0.2, -0.15) is 10.2 Å². The first kappa shape index (κ1) is 49.4. The molecule has 1 fully saturated rings. The van der Waals surface area contributed by atoms with E-state index in [9.17, 15) is 31.0 Å². The summed E-state index contributed by atoms with van der Waals surface area (Å²) in [6.45, 7) is 3.45. The molecule has 18 heteroatoms. The molecule has 1 saturated heterocycles. The topological polar surface area (TPSA) is 148 Å². The highest BCUT2D eigenvalue weighted by Crippen LogP contribution is 2.37. The molecule has 0 bridgehead atoms. The molecule has 5 aromatic carbocycles. The third-order valence-electron chi connectivity index (χ3n) is 12.2. The van der Waals surface area contributed by atoms with E-state index in [0.29, 0.717) is 49.4 Å². The van der Waals surface area contributed by atoms with E-state index >= 15 is 0 Å². The summed E-state index contributed by atoms with van der Waals surface area (Å²) in [6, 6.07) is 35.1. The highest BCUT2D eigenvalue weighted by molar-refractivity contribution is 7.91. The monoisotopic (exact) mass is 1030 g/mol. The highest BCUT2D eigenvalue weighted by atomic mass is 35.5. The zero-order chi connectivity index (χ0) is 49.8. The number of hydrogen-bond acceptors (Lipinski definition) is 8. The summed E-state index contributed by atoms with van der Waals surface area (Å²) in [5, 5.41) is 15.3. The van der Waals surface area contributed by atoms with E-state index in [1.165, 1.54) is 24.3 Å². The van der Waals surface area contributed by atoms with Gasteiger partial charge in [0.1, 0.15) is 11.6 Å². The van der Waals surface area contributed by atoms with Crippen LogP contribution in [0.5, 0.6) is 0 Å². The molecule has 2 N–H and O–H groups in total. The molecule has 12 nitrogen and oxygen atoms in total. The van der Waals surface area contributed by atoms with Gasteiger partial charge in [-0.1, -0.05) is 84.2 Å². The van der Waals surface area contributed by atoms with Crippen molar-refractivity contribution in [1.29, 1.82) is 0 Å². The second-order valence-electron chi connectivity index (χ2n) is 17.4.